The Bertz CT molecular complexity index is 715. The van der Waals surface area contributed by atoms with Crippen molar-refractivity contribution in [3.8, 4) is 0 Å². The molecule has 8 heteroatoms. The van der Waals surface area contributed by atoms with E-state index in [1.165, 1.54) is 17.3 Å². The number of likely N-dealkylation sites (tertiary alicyclic amines) is 1. The van der Waals surface area contributed by atoms with Crippen molar-refractivity contribution in [1.29, 1.82) is 0 Å². The summed E-state index contributed by atoms with van der Waals surface area (Å²) in [6.45, 7) is 3.85. The Hall–Kier alpha value is -1.93. The smallest absolute Gasteiger partial charge is 0.229 e. The topological polar surface area (TPSA) is 78.4 Å². The van der Waals surface area contributed by atoms with Gasteiger partial charge in [0.05, 0.1) is 18.4 Å². The summed E-state index contributed by atoms with van der Waals surface area (Å²) in [5, 5.41) is 3.34. The molecule has 158 valence electrons. The minimum atomic E-state index is -0.431. The van der Waals surface area contributed by atoms with Crippen LogP contribution in [0.5, 0.6) is 0 Å². The van der Waals surface area contributed by atoms with Gasteiger partial charge in [0.25, 0.3) is 0 Å². The van der Waals surface area contributed by atoms with Crippen LogP contribution in [0.1, 0.15) is 63.2 Å². The van der Waals surface area contributed by atoms with Gasteiger partial charge in [0.15, 0.2) is 5.82 Å². The van der Waals surface area contributed by atoms with E-state index in [4.69, 9.17) is 0 Å². The molecule has 7 nitrogen and oxygen atoms in total. The first-order valence-electron chi connectivity index (χ1n) is 10.8. The van der Waals surface area contributed by atoms with Gasteiger partial charge >= 0.3 is 0 Å². The Morgan fingerprint density at radius 2 is 1.72 bits per heavy atom. The van der Waals surface area contributed by atoms with Gasteiger partial charge < -0.3 is 5.32 Å². The number of carbonyl (C=O) groups is 2. The molecular weight excluding hydrogens is 373 g/mol. The van der Waals surface area contributed by atoms with Crippen LogP contribution in [0.25, 0.3) is 0 Å². The zero-order chi connectivity index (χ0) is 20.3. The normalized spacial score (nSPS) is 25.1. The second-order valence-corrected chi connectivity index (χ2v) is 8.72. The summed E-state index contributed by atoms with van der Waals surface area (Å²) in [7, 11) is 0. The number of imide groups is 1. The molecule has 0 radical (unpaired) electrons. The maximum absolute atomic E-state index is 13.1. The Morgan fingerprint density at radius 3 is 2.41 bits per heavy atom. The molecule has 3 aliphatic rings. The number of nitrogens with zero attached hydrogens (tertiary/aromatic N) is 4. The molecule has 2 saturated heterocycles. The number of unbranched alkanes of at least 4 members (excludes halogenated alkanes) is 1. The summed E-state index contributed by atoms with van der Waals surface area (Å²) in [6.07, 6.45) is 9.52. The predicted molar refractivity (Wildman–Crippen MR) is 105 cm³/mol. The SMILES string of the molecule is O=C1CC2(CCCC2)CC(=O)N1CCCCN1CCNCC1c1ncc(F)cn1. The maximum atomic E-state index is 13.1. The van der Waals surface area contributed by atoms with E-state index in [0.29, 0.717) is 25.2 Å². The molecule has 1 N–H and O–H groups in total. The van der Waals surface area contributed by atoms with Crippen molar-refractivity contribution in [2.75, 3.05) is 32.7 Å². The van der Waals surface area contributed by atoms with Gasteiger partial charge in [0.1, 0.15) is 5.82 Å². The average Bonchev–Trinajstić information content (AvgIpc) is 3.15. The van der Waals surface area contributed by atoms with Gasteiger partial charge in [-0.2, -0.15) is 0 Å². The number of nitrogens with one attached hydrogen (secondary N) is 1. The number of amides is 2. The largest absolute Gasteiger partial charge is 0.313 e. The molecule has 3 fully saturated rings. The zero-order valence-corrected chi connectivity index (χ0v) is 16.9. The third-order valence-corrected chi connectivity index (χ3v) is 6.69. The molecule has 29 heavy (non-hydrogen) atoms. The van der Waals surface area contributed by atoms with Crippen LogP contribution in [0.4, 0.5) is 4.39 Å². The summed E-state index contributed by atoms with van der Waals surface area (Å²) < 4.78 is 13.1. The fourth-order valence-electron chi connectivity index (χ4n) is 5.11. The van der Waals surface area contributed by atoms with E-state index in [1.54, 1.807) is 0 Å². The summed E-state index contributed by atoms with van der Waals surface area (Å²) in [5.41, 5.74) is -0.0339. The van der Waals surface area contributed by atoms with E-state index < -0.39 is 5.82 Å². The molecule has 1 spiro atoms. The van der Waals surface area contributed by atoms with Crippen molar-refractivity contribution in [2.24, 2.45) is 5.41 Å². The highest BCUT2D eigenvalue weighted by molar-refractivity contribution is 5.98. The van der Waals surface area contributed by atoms with E-state index in [2.05, 4.69) is 20.2 Å². The van der Waals surface area contributed by atoms with Gasteiger partial charge in [-0.15, -0.1) is 0 Å². The zero-order valence-electron chi connectivity index (χ0n) is 16.9. The molecular formula is C21H30FN5O2. The minimum Gasteiger partial charge on any atom is -0.313 e. The van der Waals surface area contributed by atoms with Crippen molar-refractivity contribution in [3.05, 3.63) is 24.0 Å². The second kappa shape index (κ2) is 8.83. The quantitative estimate of drug-likeness (QED) is 0.579. The first-order valence-corrected chi connectivity index (χ1v) is 10.8. The summed E-state index contributed by atoms with van der Waals surface area (Å²) in [5.74, 6) is 0.229. The summed E-state index contributed by atoms with van der Waals surface area (Å²) in [4.78, 5) is 37.2. The van der Waals surface area contributed by atoms with Crippen LogP contribution in [0.15, 0.2) is 12.4 Å². The number of aromatic nitrogens is 2. The summed E-state index contributed by atoms with van der Waals surface area (Å²) in [6, 6.07) is 0.0184. The van der Waals surface area contributed by atoms with Gasteiger partial charge in [-0.3, -0.25) is 19.4 Å². The van der Waals surface area contributed by atoms with E-state index in [1.807, 2.05) is 0 Å². The van der Waals surface area contributed by atoms with Gasteiger partial charge in [-0.1, -0.05) is 12.8 Å². The molecule has 1 aromatic heterocycles. The van der Waals surface area contributed by atoms with Crippen LogP contribution in [0, 0.1) is 11.2 Å². The van der Waals surface area contributed by atoms with E-state index >= 15 is 0 Å². The standard InChI is InChI=1S/C21H30FN5O2/c22-16-13-24-20(25-14-16)17-15-23-7-10-26(17)8-3-4-9-27-18(28)11-21(12-19(27)29)5-1-2-6-21/h13-14,17,23H,1-12,15H2. The van der Waals surface area contributed by atoms with Crippen molar-refractivity contribution >= 4 is 11.8 Å². The molecule has 2 amide bonds. The Labute approximate surface area is 171 Å². The fourth-order valence-corrected chi connectivity index (χ4v) is 5.11. The molecule has 1 unspecified atom stereocenters. The van der Waals surface area contributed by atoms with Crippen LogP contribution in [-0.4, -0.2) is 64.3 Å². The lowest BCUT2D eigenvalue weighted by molar-refractivity contribution is -0.153. The third-order valence-electron chi connectivity index (χ3n) is 6.69. The second-order valence-electron chi connectivity index (χ2n) is 8.72. The maximum Gasteiger partial charge on any atom is 0.229 e. The number of carbonyl (C=O) groups excluding carboxylic acids is 2. The van der Waals surface area contributed by atoms with Gasteiger partial charge in [-0.05, 0) is 37.6 Å². The van der Waals surface area contributed by atoms with Gasteiger partial charge in [0.2, 0.25) is 11.8 Å². The minimum absolute atomic E-state index is 0.0166. The third kappa shape index (κ3) is 4.64. The highest BCUT2D eigenvalue weighted by atomic mass is 19.1. The Kier molecular flexibility index (Phi) is 6.20. The van der Waals surface area contributed by atoms with Crippen molar-refractivity contribution < 1.29 is 14.0 Å². The van der Waals surface area contributed by atoms with Crippen molar-refractivity contribution in [2.45, 2.75) is 57.4 Å². The highest BCUT2D eigenvalue weighted by Gasteiger charge is 2.44. The van der Waals surface area contributed by atoms with Gasteiger partial charge in [-0.25, -0.2) is 14.4 Å². The first kappa shape index (κ1) is 20.3. The van der Waals surface area contributed by atoms with Crippen LogP contribution >= 0.6 is 0 Å². The predicted octanol–water partition coefficient (Wildman–Crippen LogP) is 2.05. The molecule has 1 aromatic rings. The van der Waals surface area contributed by atoms with Crippen molar-refractivity contribution in [3.63, 3.8) is 0 Å². The number of hydrogen-bond donors (Lipinski definition) is 1. The number of hydrogen-bond acceptors (Lipinski definition) is 6. The Morgan fingerprint density at radius 1 is 1.07 bits per heavy atom. The lowest BCUT2D eigenvalue weighted by atomic mass is 9.76. The molecule has 2 aliphatic heterocycles. The number of rotatable bonds is 6. The molecule has 4 rings (SSSR count). The molecule has 3 heterocycles. The van der Waals surface area contributed by atoms with Gasteiger partial charge in [0, 0.05) is 39.0 Å². The lowest BCUT2D eigenvalue weighted by Gasteiger charge is -2.37. The van der Waals surface area contributed by atoms with Crippen LogP contribution in [-0.2, 0) is 9.59 Å². The molecule has 1 saturated carbocycles. The monoisotopic (exact) mass is 403 g/mol. The van der Waals surface area contributed by atoms with E-state index in [9.17, 15) is 14.0 Å². The van der Waals surface area contributed by atoms with Crippen LogP contribution in [0.3, 0.4) is 0 Å². The first-order chi connectivity index (χ1) is 14.1. The van der Waals surface area contributed by atoms with E-state index in [0.717, 1.165) is 64.7 Å². The lowest BCUT2D eigenvalue weighted by Crippen LogP contribution is -2.48. The molecule has 1 aliphatic carbocycles. The number of piperazine rings is 1. The van der Waals surface area contributed by atoms with Crippen LogP contribution in [0.2, 0.25) is 0 Å². The number of piperidine rings is 1. The molecule has 0 bridgehead atoms. The molecule has 1 atom stereocenters. The number of halogens is 1. The van der Waals surface area contributed by atoms with E-state index in [-0.39, 0.29) is 23.3 Å². The Balaban J connectivity index is 1.26. The molecule has 0 aromatic carbocycles. The van der Waals surface area contributed by atoms with Crippen molar-refractivity contribution in [1.82, 2.24) is 25.1 Å². The fraction of sp³-hybridized carbons (Fsp3) is 0.714. The van der Waals surface area contributed by atoms with Crippen LogP contribution < -0.4 is 5.32 Å². The highest BCUT2D eigenvalue weighted by Crippen LogP contribution is 2.46. The summed E-state index contributed by atoms with van der Waals surface area (Å²) >= 11 is 0. The average molecular weight is 404 g/mol.